The fraction of sp³-hybridized carbons (Fsp3) is 0.150. The summed E-state index contributed by atoms with van der Waals surface area (Å²) in [6.07, 6.45) is 17.2. The van der Waals surface area contributed by atoms with Gasteiger partial charge in [-0.1, -0.05) is 31.7 Å². The minimum absolute atomic E-state index is 0. The maximum absolute atomic E-state index is 4.93. The summed E-state index contributed by atoms with van der Waals surface area (Å²) in [6, 6.07) is 7.72. The first-order valence-electron chi connectivity index (χ1n) is 6.72. The molecule has 0 aliphatic carbocycles. The predicted octanol–water partition coefficient (Wildman–Crippen LogP) is 5.88. The maximum Gasteiger partial charge on any atom is 3.00 e. The van der Waals surface area contributed by atoms with Gasteiger partial charge in [-0.15, -0.1) is 6.20 Å². The van der Waals surface area contributed by atoms with Crippen molar-refractivity contribution in [2.45, 2.75) is 20.8 Å². The predicted molar refractivity (Wildman–Crippen MR) is 100 cm³/mol. The van der Waals surface area contributed by atoms with E-state index in [1.807, 2.05) is 75.7 Å². The van der Waals surface area contributed by atoms with Crippen molar-refractivity contribution in [3.63, 3.8) is 0 Å². The average Bonchev–Trinajstić information content (AvgIpc) is 3.17. The minimum Gasteiger partial charge on any atom is -0.484 e. The topological polar surface area (TPSA) is 31.6 Å². The van der Waals surface area contributed by atoms with Crippen molar-refractivity contribution in [3.05, 3.63) is 106 Å². The molecular formula is C20H29N2Ru2. The van der Waals surface area contributed by atoms with Crippen molar-refractivity contribution < 1.29 is 39.0 Å². The molecule has 0 saturated carbocycles. The zero-order chi connectivity index (χ0) is 16.2. The first-order chi connectivity index (χ1) is 10.2. The molecule has 0 bridgehead atoms. The molecule has 2 aromatic heterocycles. The van der Waals surface area contributed by atoms with Crippen LogP contribution in [-0.4, -0.2) is 9.97 Å². The molecule has 0 fully saturated rings. The number of aryl methyl sites for hydroxylation is 1. The molecule has 0 aliphatic heterocycles. The first kappa shape index (κ1) is 34.2. The van der Waals surface area contributed by atoms with Crippen LogP contribution in [0.3, 0.4) is 0 Å². The fourth-order valence-electron chi connectivity index (χ4n) is 0.908. The first-order valence-corrected chi connectivity index (χ1v) is 6.72. The van der Waals surface area contributed by atoms with E-state index in [1.165, 1.54) is 11.8 Å². The molecule has 0 atom stereocenters. The molecule has 24 heavy (non-hydrogen) atoms. The van der Waals surface area contributed by atoms with Gasteiger partial charge < -0.3 is 17.4 Å². The van der Waals surface area contributed by atoms with E-state index in [-0.39, 0.29) is 46.4 Å². The van der Waals surface area contributed by atoms with E-state index in [2.05, 4.69) is 22.7 Å². The van der Waals surface area contributed by atoms with Crippen molar-refractivity contribution in [3.8, 4) is 0 Å². The Bertz CT molecular complexity index is 423. The van der Waals surface area contributed by atoms with Crippen LogP contribution in [0.25, 0.3) is 0 Å². The second kappa shape index (κ2) is 33.4. The molecule has 2 rings (SSSR count). The Hall–Kier alpha value is -1.23. The Morgan fingerprint density at radius 1 is 1.12 bits per heavy atom. The summed E-state index contributed by atoms with van der Waals surface area (Å²) in [5.41, 5.74) is 1.22. The van der Waals surface area contributed by atoms with Gasteiger partial charge in [-0.25, -0.2) is 12.2 Å². The smallest absolute Gasteiger partial charge is 0.484 e. The number of rotatable bonds is 2. The molecule has 1 radical (unpaired) electrons. The van der Waals surface area contributed by atoms with Crippen LogP contribution in [0.15, 0.2) is 79.7 Å². The number of aromatic nitrogens is 2. The Morgan fingerprint density at radius 3 is 1.83 bits per heavy atom. The Labute approximate surface area is 174 Å². The summed E-state index contributed by atoms with van der Waals surface area (Å²) in [5.74, 6) is 0. The normalized spacial score (nSPS) is 7.62. The van der Waals surface area contributed by atoms with Crippen LogP contribution in [-0.2, 0) is 39.0 Å². The fourth-order valence-corrected chi connectivity index (χ4v) is 0.908. The zero-order valence-electron chi connectivity index (χ0n) is 14.9. The number of H-pyrrole nitrogens is 2. The van der Waals surface area contributed by atoms with Gasteiger partial charge in [-0.2, -0.15) is 24.4 Å². The number of hydrogen-bond acceptors (Lipinski definition) is 0. The largest absolute Gasteiger partial charge is 3.00 e. The Morgan fingerprint density at radius 2 is 1.75 bits per heavy atom. The summed E-state index contributed by atoms with van der Waals surface area (Å²) in [7, 11) is 0. The molecular weight excluding hydrogens is 470 g/mol. The van der Waals surface area contributed by atoms with E-state index in [1.54, 1.807) is 12.2 Å². The third-order valence-corrected chi connectivity index (χ3v) is 1.83. The van der Waals surface area contributed by atoms with E-state index in [4.69, 9.17) is 6.58 Å². The molecule has 0 aromatic carbocycles. The Kier molecular flexibility index (Phi) is 47.5. The van der Waals surface area contributed by atoms with Crippen molar-refractivity contribution >= 4 is 0 Å². The molecule has 2 nitrogen and oxygen atoms in total. The molecule has 0 spiro atoms. The third kappa shape index (κ3) is 37.2. The number of allylic oxidation sites excluding steroid dienone is 6. The summed E-state index contributed by atoms with van der Waals surface area (Å²) in [6.45, 7) is 14.3. The molecule has 0 aliphatic rings. The average molecular weight is 500 g/mol. The van der Waals surface area contributed by atoms with Gasteiger partial charge in [0.25, 0.3) is 0 Å². The molecule has 4 heteroatoms. The van der Waals surface area contributed by atoms with Gasteiger partial charge in [0.05, 0.1) is 0 Å². The van der Waals surface area contributed by atoms with Gasteiger partial charge in [-0.05, 0) is 26.0 Å². The molecule has 0 amide bonds. The molecule has 0 saturated heterocycles. The monoisotopic (exact) mass is 501 g/mol. The van der Waals surface area contributed by atoms with Gasteiger partial charge in [0.2, 0.25) is 0 Å². The van der Waals surface area contributed by atoms with Crippen molar-refractivity contribution in [2.24, 2.45) is 0 Å². The molecule has 0 unspecified atom stereocenters. The van der Waals surface area contributed by atoms with Crippen LogP contribution in [0, 0.1) is 27.1 Å². The van der Waals surface area contributed by atoms with Crippen LogP contribution < -0.4 is 0 Å². The summed E-state index contributed by atoms with van der Waals surface area (Å²) in [4.78, 5) is 5.74. The summed E-state index contributed by atoms with van der Waals surface area (Å²) >= 11 is 0. The number of hydrogen-bond donors (Lipinski definition) is 2. The van der Waals surface area contributed by atoms with Gasteiger partial charge in [0, 0.05) is 31.4 Å². The summed E-state index contributed by atoms with van der Waals surface area (Å²) < 4.78 is 0. The molecule has 2 aromatic rings. The molecule has 2 N–H and O–H groups in total. The molecule has 135 valence electrons. The van der Waals surface area contributed by atoms with Crippen LogP contribution in [0.4, 0.5) is 0 Å². The van der Waals surface area contributed by atoms with Crippen LogP contribution in [0.1, 0.15) is 19.5 Å². The van der Waals surface area contributed by atoms with E-state index >= 15 is 0 Å². The third-order valence-electron chi connectivity index (χ3n) is 1.83. The van der Waals surface area contributed by atoms with E-state index in [0.717, 1.165) is 0 Å². The second-order valence-corrected chi connectivity index (χ2v) is 3.65. The van der Waals surface area contributed by atoms with E-state index in [9.17, 15) is 0 Å². The Balaban J connectivity index is -0.0000000644. The number of nitrogens with one attached hydrogen (secondary N) is 2. The van der Waals surface area contributed by atoms with Crippen LogP contribution in [0.2, 0.25) is 0 Å². The van der Waals surface area contributed by atoms with Gasteiger partial charge >= 0.3 is 19.5 Å². The van der Waals surface area contributed by atoms with E-state index < -0.39 is 0 Å². The zero-order valence-corrected chi connectivity index (χ0v) is 18.4. The van der Waals surface area contributed by atoms with Crippen molar-refractivity contribution in [2.75, 3.05) is 0 Å². The van der Waals surface area contributed by atoms with Gasteiger partial charge in [0.15, 0.2) is 0 Å². The van der Waals surface area contributed by atoms with Gasteiger partial charge in [0.1, 0.15) is 0 Å². The molecule has 2 heterocycles. The van der Waals surface area contributed by atoms with E-state index in [0.29, 0.717) is 0 Å². The van der Waals surface area contributed by atoms with Gasteiger partial charge in [-0.3, -0.25) is 6.58 Å². The van der Waals surface area contributed by atoms with Crippen molar-refractivity contribution in [1.29, 1.82) is 0 Å². The maximum atomic E-state index is 4.93. The minimum atomic E-state index is 0. The quantitative estimate of drug-likeness (QED) is 0.294. The standard InChI is InChI=1S/C5H7N.C5H8.C5H7.C4H4N.CH3.2Ru/c1-5-3-2-4-6-5;2*1-3-5-4-2;1-2-4-5-3-1;;;/h2-4,6H,1H3;3-5H,1H2,2H3;1,3-5H,2H3;1-3,5H;1H3;;/q;;3*-1;;+3. The van der Waals surface area contributed by atoms with Crippen LogP contribution >= 0.6 is 0 Å². The number of aromatic amines is 2. The second-order valence-electron chi connectivity index (χ2n) is 3.65. The van der Waals surface area contributed by atoms with Crippen LogP contribution in [0.5, 0.6) is 0 Å². The summed E-state index contributed by atoms with van der Waals surface area (Å²) in [5, 5.41) is 0. The van der Waals surface area contributed by atoms with Crippen molar-refractivity contribution in [1.82, 2.24) is 9.97 Å². The SMILES string of the molecule is C=CC=CC.Cc1ccc[nH]1.[CH-]=CC=CC.[CH3-].[Ru+3].[Ru].[c-]1ccc[nH]1.